The lowest BCUT2D eigenvalue weighted by Crippen LogP contribution is -2.39. The summed E-state index contributed by atoms with van der Waals surface area (Å²) < 4.78 is 0. The maximum atomic E-state index is 12.5. The Morgan fingerprint density at radius 1 is 1.11 bits per heavy atom. The number of carbonyl (C=O) groups is 2. The first-order valence-corrected chi connectivity index (χ1v) is 9.84. The van der Waals surface area contributed by atoms with Crippen LogP contribution in [0.5, 0.6) is 0 Å². The van der Waals surface area contributed by atoms with Crippen LogP contribution in [-0.4, -0.2) is 59.4 Å². The molecule has 3 heterocycles. The first kappa shape index (κ1) is 17.8. The van der Waals surface area contributed by atoms with Crippen LogP contribution in [0.15, 0.2) is 36.4 Å². The normalized spacial score (nSPS) is 19.7. The molecular formula is C21H26N4O2. The fourth-order valence-electron chi connectivity index (χ4n) is 4.05. The molecule has 3 amide bonds. The van der Waals surface area contributed by atoms with E-state index in [1.807, 2.05) is 31.3 Å². The van der Waals surface area contributed by atoms with Gasteiger partial charge in [-0.15, -0.1) is 0 Å². The number of hydrogen-bond donors (Lipinski definition) is 0. The Labute approximate surface area is 159 Å². The molecule has 2 aliphatic heterocycles. The molecule has 1 atom stereocenters. The van der Waals surface area contributed by atoms with E-state index in [0.29, 0.717) is 6.54 Å². The van der Waals surface area contributed by atoms with Gasteiger partial charge in [0.05, 0.1) is 5.52 Å². The fourth-order valence-corrected chi connectivity index (χ4v) is 4.05. The van der Waals surface area contributed by atoms with E-state index in [1.165, 1.54) is 4.90 Å². The molecule has 0 saturated carbocycles. The van der Waals surface area contributed by atoms with Crippen molar-refractivity contribution in [3.05, 3.63) is 36.4 Å². The van der Waals surface area contributed by atoms with Crippen LogP contribution < -0.4 is 4.90 Å². The van der Waals surface area contributed by atoms with Crippen molar-refractivity contribution in [3.8, 4) is 0 Å². The highest BCUT2D eigenvalue weighted by Crippen LogP contribution is 2.26. The van der Waals surface area contributed by atoms with Crippen molar-refractivity contribution in [1.82, 2.24) is 14.8 Å². The minimum absolute atomic E-state index is 0.00394. The molecule has 4 rings (SSSR count). The van der Waals surface area contributed by atoms with Crippen LogP contribution in [0.2, 0.25) is 0 Å². The van der Waals surface area contributed by atoms with Crippen LogP contribution >= 0.6 is 0 Å². The number of pyridine rings is 1. The number of benzene rings is 1. The third-order valence-corrected chi connectivity index (χ3v) is 5.63. The maximum absolute atomic E-state index is 12.5. The van der Waals surface area contributed by atoms with Gasteiger partial charge >= 0.3 is 6.03 Å². The second-order valence-electron chi connectivity index (χ2n) is 7.47. The number of aromatic nitrogens is 1. The van der Waals surface area contributed by atoms with Crippen molar-refractivity contribution in [2.75, 3.05) is 31.6 Å². The van der Waals surface area contributed by atoms with Crippen LogP contribution in [0.1, 0.15) is 32.1 Å². The highest BCUT2D eigenvalue weighted by Gasteiger charge is 2.45. The number of para-hydroxylation sites is 1. The van der Waals surface area contributed by atoms with Crippen LogP contribution in [0.3, 0.4) is 0 Å². The molecular weight excluding hydrogens is 340 g/mol. The number of carbonyl (C=O) groups excluding carboxylic acids is 2. The zero-order chi connectivity index (χ0) is 18.8. The van der Waals surface area contributed by atoms with Gasteiger partial charge in [-0.05, 0) is 50.3 Å². The van der Waals surface area contributed by atoms with Crippen LogP contribution in [0.4, 0.5) is 10.6 Å². The Kier molecular flexibility index (Phi) is 4.97. The van der Waals surface area contributed by atoms with E-state index >= 15 is 0 Å². The summed E-state index contributed by atoms with van der Waals surface area (Å²) in [6.45, 7) is 2.08. The second kappa shape index (κ2) is 7.55. The Morgan fingerprint density at radius 3 is 2.81 bits per heavy atom. The Morgan fingerprint density at radius 2 is 1.96 bits per heavy atom. The first-order valence-electron chi connectivity index (χ1n) is 9.84. The highest BCUT2D eigenvalue weighted by molar-refractivity contribution is 6.04. The Balaban J connectivity index is 1.29. The summed E-state index contributed by atoms with van der Waals surface area (Å²) in [5.74, 6) is 0.948. The number of hydrogen-bond acceptors (Lipinski definition) is 4. The molecule has 0 aliphatic carbocycles. The number of unbranched alkanes of at least 4 members (excludes halogenated alkanes) is 1. The van der Waals surface area contributed by atoms with Gasteiger partial charge < -0.3 is 9.80 Å². The van der Waals surface area contributed by atoms with Crippen molar-refractivity contribution < 1.29 is 9.59 Å². The highest BCUT2D eigenvalue weighted by atomic mass is 16.2. The molecule has 1 aromatic heterocycles. The van der Waals surface area contributed by atoms with Crippen molar-refractivity contribution in [2.24, 2.45) is 0 Å². The fraction of sp³-hybridized carbons (Fsp3) is 0.476. The third kappa shape index (κ3) is 3.48. The van der Waals surface area contributed by atoms with Crippen molar-refractivity contribution >= 4 is 28.7 Å². The molecule has 27 heavy (non-hydrogen) atoms. The largest absolute Gasteiger partial charge is 0.360 e. The minimum atomic E-state index is -0.198. The first-order chi connectivity index (χ1) is 13.1. The molecule has 2 saturated heterocycles. The molecule has 1 unspecified atom stereocenters. The van der Waals surface area contributed by atoms with Crippen molar-refractivity contribution in [3.63, 3.8) is 0 Å². The van der Waals surface area contributed by atoms with E-state index < -0.39 is 0 Å². The lowest BCUT2D eigenvalue weighted by Gasteiger charge is -2.26. The van der Waals surface area contributed by atoms with Gasteiger partial charge in [-0.2, -0.15) is 0 Å². The number of piperidine rings is 1. The Bertz CT molecular complexity index is 829. The smallest absolute Gasteiger partial charge is 0.327 e. The molecule has 1 aromatic carbocycles. The van der Waals surface area contributed by atoms with Gasteiger partial charge in [-0.1, -0.05) is 18.2 Å². The third-order valence-electron chi connectivity index (χ3n) is 5.63. The van der Waals surface area contributed by atoms with E-state index in [4.69, 9.17) is 4.98 Å². The van der Waals surface area contributed by atoms with Crippen LogP contribution in [-0.2, 0) is 4.79 Å². The molecule has 142 valence electrons. The molecule has 6 nitrogen and oxygen atoms in total. The quantitative estimate of drug-likeness (QED) is 0.582. The van der Waals surface area contributed by atoms with Gasteiger partial charge in [-0.25, -0.2) is 9.78 Å². The standard InChI is InChI=1S/C21H26N4O2/c1-23(19-12-11-16-8-2-3-9-17(16)22-19)13-6-7-15-25-20(26)18-10-4-5-14-24(18)21(25)27/h2-3,8-9,11-12,18H,4-7,10,13-15H2,1H3. The summed E-state index contributed by atoms with van der Waals surface area (Å²) in [7, 11) is 2.03. The molecule has 2 aliphatic rings. The lowest BCUT2D eigenvalue weighted by atomic mass is 10.0. The molecule has 0 radical (unpaired) electrons. The molecule has 2 aromatic rings. The van der Waals surface area contributed by atoms with Gasteiger partial charge in [0.2, 0.25) is 0 Å². The molecule has 0 N–H and O–H groups in total. The maximum Gasteiger partial charge on any atom is 0.327 e. The molecule has 0 spiro atoms. The topological polar surface area (TPSA) is 56.8 Å². The van der Waals surface area contributed by atoms with Gasteiger partial charge in [0.15, 0.2) is 0 Å². The van der Waals surface area contributed by atoms with E-state index in [9.17, 15) is 9.59 Å². The van der Waals surface area contributed by atoms with E-state index in [2.05, 4.69) is 17.0 Å². The number of imide groups is 1. The summed E-state index contributed by atoms with van der Waals surface area (Å²) in [4.78, 5) is 35.0. The summed E-state index contributed by atoms with van der Waals surface area (Å²) in [5, 5.41) is 1.14. The molecule has 6 heteroatoms. The van der Waals surface area contributed by atoms with Crippen LogP contribution in [0.25, 0.3) is 10.9 Å². The lowest BCUT2D eigenvalue weighted by molar-refractivity contribution is -0.128. The number of anilines is 1. The summed E-state index contributed by atoms with van der Waals surface area (Å²) >= 11 is 0. The van der Waals surface area contributed by atoms with Crippen molar-refractivity contribution in [1.29, 1.82) is 0 Å². The average molecular weight is 366 g/mol. The molecule has 0 bridgehead atoms. The summed E-state index contributed by atoms with van der Waals surface area (Å²) in [6, 6.07) is 11.9. The van der Waals surface area contributed by atoms with Crippen molar-refractivity contribution in [2.45, 2.75) is 38.1 Å². The number of amides is 3. The van der Waals surface area contributed by atoms with E-state index in [1.54, 1.807) is 4.90 Å². The predicted molar refractivity (Wildman–Crippen MR) is 106 cm³/mol. The summed E-state index contributed by atoms with van der Waals surface area (Å²) in [5.41, 5.74) is 0.992. The average Bonchev–Trinajstić information content (AvgIpc) is 2.95. The number of urea groups is 1. The van der Waals surface area contributed by atoms with E-state index in [-0.39, 0.29) is 18.0 Å². The van der Waals surface area contributed by atoms with Crippen LogP contribution in [0, 0.1) is 0 Å². The predicted octanol–water partition coefficient (Wildman–Crippen LogP) is 3.27. The van der Waals surface area contributed by atoms with Gasteiger partial charge in [-0.3, -0.25) is 9.69 Å². The number of nitrogens with zero attached hydrogens (tertiary/aromatic N) is 4. The SMILES string of the molecule is CN(CCCCN1C(=O)C2CCCCN2C1=O)c1ccc2ccccc2n1. The van der Waals surface area contributed by atoms with Gasteiger partial charge in [0.25, 0.3) is 5.91 Å². The number of fused-ring (bicyclic) bond motifs is 2. The zero-order valence-electron chi connectivity index (χ0n) is 15.8. The number of rotatable bonds is 6. The second-order valence-corrected chi connectivity index (χ2v) is 7.47. The zero-order valence-corrected chi connectivity index (χ0v) is 15.8. The van der Waals surface area contributed by atoms with Gasteiger partial charge in [0, 0.05) is 32.1 Å². The molecule has 2 fully saturated rings. The monoisotopic (exact) mass is 366 g/mol. The minimum Gasteiger partial charge on any atom is -0.360 e. The van der Waals surface area contributed by atoms with Gasteiger partial charge in [0.1, 0.15) is 11.9 Å². The van der Waals surface area contributed by atoms with E-state index in [0.717, 1.165) is 61.9 Å². The summed E-state index contributed by atoms with van der Waals surface area (Å²) in [6.07, 6.45) is 4.59. The Hall–Kier alpha value is -2.63.